The second-order valence-corrected chi connectivity index (χ2v) is 5.78. The highest BCUT2D eigenvalue weighted by Gasteiger charge is 2.34. The van der Waals surface area contributed by atoms with Gasteiger partial charge in [-0.3, -0.25) is 0 Å². The van der Waals surface area contributed by atoms with Gasteiger partial charge in [-0.2, -0.15) is 13.2 Å². The molecule has 1 saturated carbocycles. The number of alkyl halides is 3. The number of halogens is 4. The Bertz CT molecular complexity index is 466. The molecule has 118 valence electrons. The van der Waals surface area contributed by atoms with E-state index in [2.05, 4.69) is 5.32 Å². The zero-order chi connectivity index (χ0) is 15.5. The Kier molecular flexibility index (Phi) is 5.25. The maximum Gasteiger partial charge on any atom is 0.419 e. The molecule has 1 aromatic carbocycles. The number of benzene rings is 1. The normalized spacial score (nSPS) is 17.6. The summed E-state index contributed by atoms with van der Waals surface area (Å²) in [6.07, 6.45) is 0.700. The maximum absolute atomic E-state index is 13.7. The average molecular weight is 303 g/mol. The minimum atomic E-state index is -4.64. The number of hydrogen-bond donors (Lipinski definition) is 1. The lowest BCUT2D eigenvalue weighted by Gasteiger charge is -2.30. The highest BCUT2D eigenvalue weighted by atomic mass is 19.4. The summed E-state index contributed by atoms with van der Waals surface area (Å²) in [7, 11) is 0. The van der Waals surface area contributed by atoms with Crippen molar-refractivity contribution in [1.82, 2.24) is 5.32 Å². The minimum absolute atomic E-state index is 0.0629. The van der Waals surface area contributed by atoms with Crippen LogP contribution in [0.3, 0.4) is 0 Å². The van der Waals surface area contributed by atoms with Crippen molar-refractivity contribution < 1.29 is 17.6 Å². The first kappa shape index (κ1) is 16.3. The van der Waals surface area contributed by atoms with Crippen LogP contribution in [-0.2, 0) is 6.18 Å². The summed E-state index contributed by atoms with van der Waals surface area (Å²) >= 11 is 0. The predicted octanol–water partition coefficient (Wildman–Crippen LogP) is 5.08. The molecule has 0 heterocycles. The van der Waals surface area contributed by atoms with E-state index < -0.39 is 17.6 Å². The van der Waals surface area contributed by atoms with Gasteiger partial charge in [-0.05, 0) is 43.0 Å². The summed E-state index contributed by atoms with van der Waals surface area (Å²) in [4.78, 5) is 0. The van der Waals surface area contributed by atoms with Crippen molar-refractivity contribution in [2.45, 2.75) is 51.2 Å². The Labute approximate surface area is 122 Å². The van der Waals surface area contributed by atoms with Gasteiger partial charge < -0.3 is 5.32 Å². The van der Waals surface area contributed by atoms with Crippen LogP contribution >= 0.6 is 0 Å². The second-order valence-electron chi connectivity index (χ2n) is 5.78. The average Bonchev–Trinajstić information content (AvgIpc) is 2.35. The van der Waals surface area contributed by atoms with Gasteiger partial charge in [-0.25, -0.2) is 4.39 Å². The highest BCUT2D eigenvalue weighted by Crippen LogP contribution is 2.36. The van der Waals surface area contributed by atoms with Crippen LogP contribution in [0.4, 0.5) is 17.6 Å². The van der Waals surface area contributed by atoms with E-state index in [4.69, 9.17) is 0 Å². The van der Waals surface area contributed by atoms with Gasteiger partial charge in [0, 0.05) is 6.04 Å². The molecule has 1 aliphatic rings. The molecule has 0 spiro atoms. The van der Waals surface area contributed by atoms with E-state index in [-0.39, 0.29) is 6.04 Å². The number of rotatable bonds is 6. The van der Waals surface area contributed by atoms with E-state index in [1.165, 1.54) is 12.5 Å². The van der Waals surface area contributed by atoms with Gasteiger partial charge in [0.1, 0.15) is 5.82 Å². The van der Waals surface area contributed by atoms with Crippen molar-refractivity contribution >= 4 is 0 Å². The van der Waals surface area contributed by atoms with Gasteiger partial charge >= 0.3 is 6.18 Å². The summed E-state index contributed by atoms with van der Waals surface area (Å²) in [5, 5.41) is 3.32. The van der Waals surface area contributed by atoms with E-state index in [1.54, 1.807) is 0 Å². The molecule has 1 unspecified atom stereocenters. The van der Waals surface area contributed by atoms with Gasteiger partial charge in [-0.1, -0.05) is 32.3 Å². The molecule has 1 fully saturated rings. The third-order valence-electron chi connectivity index (χ3n) is 4.14. The first-order chi connectivity index (χ1) is 9.91. The van der Waals surface area contributed by atoms with Crippen LogP contribution < -0.4 is 5.32 Å². The Morgan fingerprint density at radius 2 is 2.00 bits per heavy atom. The largest absolute Gasteiger partial charge is 0.419 e. The van der Waals surface area contributed by atoms with E-state index in [9.17, 15) is 17.6 Å². The molecule has 5 heteroatoms. The lowest BCUT2D eigenvalue weighted by molar-refractivity contribution is -0.140. The van der Waals surface area contributed by atoms with Gasteiger partial charge in [0.15, 0.2) is 0 Å². The van der Waals surface area contributed by atoms with Gasteiger partial charge in [0.05, 0.1) is 5.56 Å². The molecule has 0 amide bonds. The predicted molar refractivity (Wildman–Crippen MR) is 74.4 cm³/mol. The molecule has 1 atom stereocenters. The highest BCUT2D eigenvalue weighted by molar-refractivity contribution is 5.28. The van der Waals surface area contributed by atoms with Crippen LogP contribution in [0.1, 0.15) is 56.2 Å². The second kappa shape index (κ2) is 6.77. The molecule has 2 rings (SSSR count). The lowest BCUT2D eigenvalue weighted by atomic mass is 9.79. The zero-order valence-electron chi connectivity index (χ0n) is 12.1. The molecule has 0 saturated heterocycles. The summed E-state index contributed by atoms with van der Waals surface area (Å²) in [5.74, 6) is -0.582. The summed E-state index contributed by atoms with van der Waals surface area (Å²) in [6, 6.07) is 3.23. The first-order valence-electron chi connectivity index (χ1n) is 7.51. The summed E-state index contributed by atoms with van der Waals surface area (Å²) in [6.45, 7) is 2.81. The molecular formula is C16H21F4N. The topological polar surface area (TPSA) is 12.0 Å². The van der Waals surface area contributed by atoms with E-state index >= 15 is 0 Å². The Morgan fingerprint density at radius 1 is 1.29 bits per heavy atom. The number of nitrogens with one attached hydrogen (secondary N) is 1. The molecule has 0 aromatic heterocycles. The molecule has 1 aliphatic carbocycles. The fourth-order valence-electron chi connectivity index (χ4n) is 2.70. The van der Waals surface area contributed by atoms with Crippen LogP contribution in [0.25, 0.3) is 0 Å². The lowest BCUT2D eigenvalue weighted by Crippen LogP contribution is -2.27. The SMILES string of the molecule is CCCNC(CC1CCC1)c1ccc(C(F)(F)F)c(F)c1. The molecule has 21 heavy (non-hydrogen) atoms. The Hall–Kier alpha value is -1.10. The van der Waals surface area contributed by atoms with Gasteiger partial charge in [0.25, 0.3) is 0 Å². The summed E-state index contributed by atoms with van der Waals surface area (Å²) < 4.78 is 51.5. The number of hydrogen-bond acceptors (Lipinski definition) is 1. The van der Waals surface area contributed by atoms with Crippen LogP contribution in [-0.4, -0.2) is 6.54 Å². The van der Waals surface area contributed by atoms with Crippen LogP contribution in [0.2, 0.25) is 0 Å². The third kappa shape index (κ3) is 4.19. The monoisotopic (exact) mass is 303 g/mol. The van der Waals surface area contributed by atoms with E-state index in [0.717, 1.165) is 44.4 Å². The summed E-state index contributed by atoms with van der Waals surface area (Å²) in [5.41, 5.74) is -0.579. The van der Waals surface area contributed by atoms with Crippen molar-refractivity contribution in [1.29, 1.82) is 0 Å². The van der Waals surface area contributed by atoms with Crippen molar-refractivity contribution in [3.05, 3.63) is 35.1 Å². The van der Waals surface area contributed by atoms with Crippen molar-refractivity contribution in [3.8, 4) is 0 Å². The van der Waals surface area contributed by atoms with Crippen LogP contribution in [0, 0.1) is 11.7 Å². The molecule has 1 aromatic rings. The fraction of sp³-hybridized carbons (Fsp3) is 0.625. The van der Waals surface area contributed by atoms with Gasteiger partial charge in [-0.15, -0.1) is 0 Å². The molecule has 0 radical (unpaired) electrons. The molecule has 1 nitrogen and oxygen atoms in total. The molecule has 1 N–H and O–H groups in total. The van der Waals surface area contributed by atoms with Crippen molar-refractivity contribution in [2.75, 3.05) is 6.54 Å². The molecule has 0 aliphatic heterocycles. The van der Waals surface area contributed by atoms with Crippen LogP contribution in [0.15, 0.2) is 18.2 Å². The quantitative estimate of drug-likeness (QED) is 0.723. The maximum atomic E-state index is 13.7. The third-order valence-corrected chi connectivity index (χ3v) is 4.14. The first-order valence-corrected chi connectivity index (χ1v) is 7.51. The molecular weight excluding hydrogens is 282 g/mol. The van der Waals surface area contributed by atoms with Crippen LogP contribution in [0.5, 0.6) is 0 Å². The smallest absolute Gasteiger partial charge is 0.310 e. The van der Waals surface area contributed by atoms with Gasteiger partial charge in [0.2, 0.25) is 0 Å². The van der Waals surface area contributed by atoms with Crippen molar-refractivity contribution in [3.63, 3.8) is 0 Å². The fourth-order valence-corrected chi connectivity index (χ4v) is 2.70. The van der Waals surface area contributed by atoms with Crippen molar-refractivity contribution in [2.24, 2.45) is 5.92 Å². The Balaban J connectivity index is 2.16. The minimum Gasteiger partial charge on any atom is -0.310 e. The standard InChI is InChI=1S/C16H21F4N/c1-2-8-21-15(9-11-4-3-5-11)12-6-7-13(14(17)10-12)16(18,19)20/h6-7,10-11,15,21H,2-5,8-9H2,1H3. The Morgan fingerprint density at radius 3 is 2.48 bits per heavy atom. The zero-order valence-corrected chi connectivity index (χ0v) is 12.1. The molecule has 0 bridgehead atoms. The van der Waals surface area contributed by atoms with E-state index in [0.29, 0.717) is 11.5 Å². The van der Waals surface area contributed by atoms with E-state index in [1.807, 2.05) is 6.92 Å².